The zero-order chi connectivity index (χ0) is 51.6. The van der Waals surface area contributed by atoms with E-state index >= 15 is 0 Å². The predicted molar refractivity (Wildman–Crippen MR) is 323 cm³/mol. The minimum absolute atomic E-state index is 0. The van der Waals surface area contributed by atoms with E-state index in [1.54, 1.807) is 54.6 Å². The smallest absolute Gasteiger partial charge is 0.339 e. The third-order valence-corrected chi connectivity index (χ3v) is 15.2. The zero-order valence-corrected chi connectivity index (χ0v) is 48.1. The average Bonchev–Trinajstić information content (AvgIpc) is 3.38. The molecule has 18 heteroatoms. The number of hydrogen-bond acceptors (Lipinski definition) is 9. The Morgan fingerprint density at radius 1 is 0.479 bits per heavy atom. The first-order valence-electron chi connectivity index (χ1n) is 23.6. The van der Waals surface area contributed by atoms with Crippen LogP contribution < -0.4 is 26.9 Å². The molecule has 0 aliphatic carbocycles. The molecule has 9 aromatic rings. The summed E-state index contributed by atoms with van der Waals surface area (Å²) in [6, 6.07) is 32.5. The summed E-state index contributed by atoms with van der Waals surface area (Å²) in [4.78, 5) is 89.8. The van der Waals surface area contributed by atoms with Crippen LogP contribution in [0.1, 0.15) is 58.8 Å². The predicted octanol–water partition coefficient (Wildman–Crippen LogP) is 10.2. The second-order valence-electron chi connectivity index (χ2n) is 16.6. The number of pyridine rings is 3. The van der Waals surface area contributed by atoms with Crippen molar-refractivity contribution in [1.29, 1.82) is 0 Å². The number of ether oxygens (including phenoxy) is 1. The Hall–Kier alpha value is -5.46. The Morgan fingerprint density at radius 3 is 1.10 bits per heavy atom. The van der Waals surface area contributed by atoms with E-state index in [0.717, 1.165) is 61.0 Å². The fourth-order valence-electron chi connectivity index (χ4n) is 8.60. The summed E-state index contributed by atoms with van der Waals surface area (Å²) in [5, 5.41) is 9.47. The Kier molecular flexibility index (Phi) is 20.4. The number of amides is 2. The fraction of sp³-hybridized carbons (Fsp3) is 0.236. The number of nitrogens with one attached hydrogen (secondary N) is 5. The molecule has 380 valence electrons. The van der Waals surface area contributed by atoms with E-state index in [-0.39, 0.29) is 40.5 Å². The molecule has 0 aliphatic heterocycles. The van der Waals surface area contributed by atoms with Crippen molar-refractivity contribution >= 4 is 163 Å². The normalized spacial score (nSPS) is 11.1. The van der Waals surface area contributed by atoms with Crippen LogP contribution in [-0.4, -0.2) is 102 Å². The summed E-state index contributed by atoms with van der Waals surface area (Å²) in [5.41, 5.74) is 5.10. The van der Waals surface area contributed by atoms with Crippen molar-refractivity contribution in [1.82, 2.24) is 35.4 Å². The van der Waals surface area contributed by atoms with Crippen molar-refractivity contribution in [3.8, 4) is 0 Å². The van der Waals surface area contributed by atoms with Crippen LogP contribution in [-0.2, 0) is 4.74 Å². The molecule has 14 nitrogen and oxygen atoms in total. The van der Waals surface area contributed by atoms with Gasteiger partial charge in [-0.05, 0) is 167 Å². The summed E-state index contributed by atoms with van der Waals surface area (Å²) >= 11 is 6.47. The highest BCUT2D eigenvalue weighted by molar-refractivity contribution is 14.1. The largest absolute Gasteiger partial charge is 0.465 e. The van der Waals surface area contributed by atoms with Crippen molar-refractivity contribution in [2.75, 3.05) is 59.5 Å². The van der Waals surface area contributed by atoms with E-state index in [1.165, 1.54) is 7.11 Å². The van der Waals surface area contributed by atoms with E-state index in [4.69, 9.17) is 4.74 Å². The van der Waals surface area contributed by atoms with Gasteiger partial charge in [0.05, 0.1) is 73.1 Å². The number of H-pyrrole nitrogens is 3. The number of hydrogen-bond donors (Lipinski definition) is 5. The Labute approximate surface area is 468 Å². The number of carbonyl (C=O) groups excluding carboxylic acids is 3. The van der Waals surface area contributed by atoms with Gasteiger partial charge in [-0.15, -0.1) is 12.4 Å². The van der Waals surface area contributed by atoms with Gasteiger partial charge in [-0.3, -0.25) is 24.0 Å². The van der Waals surface area contributed by atoms with Gasteiger partial charge in [0.15, 0.2) is 16.3 Å². The van der Waals surface area contributed by atoms with E-state index in [1.807, 2.05) is 54.6 Å². The van der Waals surface area contributed by atoms with Gasteiger partial charge in [0.25, 0.3) is 11.8 Å². The van der Waals surface area contributed by atoms with Crippen molar-refractivity contribution in [2.45, 2.75) is 27.7 Å². The molecule has 0 unspecified atom stereocenters. The number of esters is 1. The standard InChI is InChI=1S/2C20H22IN3O2.C15H10INO3.ClH/c2*1-3-24(4-2)12-11-22-20(26)14-8-5-7-13-18(14)23-16-10-6-9-15(21)17(16)19(13)25;1-20-15(19)9-5-2-4-8-13(9)17-11-7-3-6-10(16)12(11)14(8)18;/h2*5-10H,3-4,11-12H2,1-2H3,(H,22,26)(H,23,25);2-7H,1H3,(H,17,18);1H. The molecule has 0 bridgehead atoms. The molecule has 5 N–H and O–H groups in total. The zero-order valence-electron chi connectivity index (χ0n) is 40.8. The maximum atomic E-state index is 12.9. The maximum Gasteiger partial charge on any atom is 0.339 e. The van der Waals surface area contributed by atoms with Gasteiger partial charge in [0, 0.05) is 53.0 Å². The molecule has 0 saturated carbocycles. The lowest BCUT2D eigenvalue weighted by atomic mass is 10.1. The minimum Gasteiger partial charge on any atom is -0.465 e. The summed E-state index contributed by atoms with van der Waals surface area (Å²) in [7, 11) is 1.32. The number of aromatic amines is 3. The Balaban J connectivity index is 0.000000179. The SMILES string of the molecule is CCN(CC)CCNC(=O)c1cccc2c(=O)c3c(I)cccc3[nH]c12.CCN(CC)CCNC(=O)c1cccc2c(=O)c3c(I)cccc3[nH]c12.COC(=O)c1cccc2c(=O)c3c(I)cccc3[nH]c12.Cl. The lowest BCUT2D eigenvalue weighted by Gasteiger charge is -2.18. The number of methoxy groups -OCH3 is 1. The van der Waals surface area contributed by atoms with Crippen molar-refractivity contribution in [3.05, 3.63) is 167 Å². The second-order valence-corrected chi connectivity index (χ2v) is 20.1. The molecular formula is C55H55ClI3N7O7. The Bertz CT molecular complexity index is 3520. The lowest BCUT2D eigenvalue weighted by Crippen LogP contribution is -2.35. The van der Waals surface area contributed by atoms with E-state index in [0.29, 0.717) is 84.2 Å². The number of benzene rings is 6. The number of aromatic nitrogens is 3. The van der Waals surface area contributed by atoms with Gasteiger partial charge in [-0.2, -0.15) is 0 Å². The quantitative estimate of drug-likeness (QED) is 0.0425. The monoisotopic (exact) mass is 1340 g/mol. The van der Waals surface area contributed by atoms with Crippen LogP contribution in [0.2, 0.25) is 0 Å². The topological polar surface area (TPSA) is 190 Å². The average molecular weight is 1340 g/mol. The highest BCUT2D eigenvalue weighted by Crippen LogP contribution is 2.25. The molecule has 2 amide bonds. The summed E-state index contributed by atoms with van der Waals surface area (Å²) < 4.78 is 7.44. The molecule has 73 heavy (non-hydrogen) atoms. The van der Waals surface area contributed by atoms with Crippen molar-refractivity contribution in [3.63, 3.8) is 0 Å². The molecule has 0 fully saturated rings. The number of rotatable bonds is 13. The van der Waals surface area contributed by atoms with Crippen LogP contribution in [0.3, 0.4) is 0 Å². The van der Waals surface area contributed by atoms with Crippen LogP contribution in [0.4, 0.5) is 0 Å². The number of nitrogens with zero attached hydrogens (tertiary/aromatic N) is 2. The molecular weight excluding hydrogens is 1290 g/mol. The molecule has 3 aromatic heterocycles. The third kappa shape index (κ3) is 12.6. The van der Waals surface area contributed by atoms with Gasteiger partial charge in [0.2, 0.25) is 0 Å². The molecule has 0 aliphatic rings. The third-order valence-electron chi connectivity index (χ3n) is 12.5. The highest BCUT2D eigenvalue weighted by atomic mass is 127. The fourth-order valence-corrected chi connectivity index (χ4v) is 10.8. The van der Waals surface area contributed by atoms with Gasteiger partial charge in [0.1, 0.15) is 0 Å². The van der Waals surface area contributed by atoms with E-state index in [2.05, 4.69) is 131 Å². The van der Waals surface area contributed by atoms with Crippen molar-refractivity contribution in [2.24, 2.45) is 0 Å². The summed E-state index contributed by atoms with van der Waals surface area (Å²) in [6.07, 6.45) is 0. The van der Waals surface area contributed by atoms with Crippen LogP contribution in [0.5, 0.6) is 0 Å². The highest BCUT2D eigenvalue weighted by Gasteiger charge is 2.18. The number of fused-ring (bicyclic) bond motifs is 6. The molecule has 0 saturated heterocycles. The number of para-hydroxylation sites is 3. The molecule has 0 spiro atoms. The molecule has 0 atom stereocenters. The number of halogens is 4. The van der Waals surface area contributed by atoms with Gasteiger partial charge >= 0.3 is 5.97 Å². The van der Waals surface area contributed by atoms with E-state index < -0.39 is 5.97 Å². The Morgan fingerprint density at radius 2 is 0.781 bits per heavy atom. The van der Waals surface area contributed by atoms with Crippen LogP contribution >= 0.6 is 80.2 Å². The molecule has 6 aromatic carbocycles. The van der Waals surface area contributed by atoms with Gasteiger partial charge in [-0.25, -0.2) is 4.79 Å². The number of carbonyl (C=O) groups is 3. The first-order chi connectivity index (χ1) is 34.8. The first kappa shape index (κ1) is 56.8. The minimum atomic E-state index is -0.462. The summed E-state index contributed by atoms with van der Waals surface area (Å²) in [6.45, 7) is 15.0. The molecule has 9 rings (SSSR count). The van der Waals surface area contributed by atoms with Crippen molar-refractivity contribution < 1.29 is 19.1 Å². The van der Waals surface area contributed by atoms with Gasteiger partial charge in [-0.1, -0.05) is 64.1 Å². The van der Waals surface area contributed by atoms with Gasteiger partial charge < -0.3 is 40.1 Å². The molecule has 0 radical (unpaired) electrons. The first-order valence-corrected chi connectivity index (χ1v) is 26.8. The second kappa shape index (κ2) is 26.2. The van der Waals surface area contributed by atoms with Crippen LogP contribution in [0.15, 0.2) is 124 Å². The van der Waals surface area contributed by atoms with Crippen LogP contribution in [0.25, 0.3) is 65.4 Å². The summed E-state index contributed by atoms with van der Waals surface area (Å²) in [5.74, 6) is -0.789. The molecule has 3 heterocycles. The number of likely N-dealkylation sites (N-methyl/N-ethyl adjacent to an activating group) is 2. The van der Waals surface area contributed by atoms with Crippen LogP contribution in [0, 0.1) is 10.7 Å². The van der Waals surface area contributed by atoms with E-state index in [9.17, 15) is 28.8 Å². The maximum absolute atomic E-state index is 12.9. The lowest BCUT2D eigenvalue weighted by molar-refractivity contribution is 0.0602.